The van der Waals surface area contributed by atoms with Gasteiger partial charge in [-0.1, -0.05) is 66.5 Å². The number of allylic oxidation sites excluding steroid dienone is 2. The number of rotatable bonds is 2. The van der Waals surface area contributed by atoms with E-state index in [0.29, 0.717) is 39.5 Å². The number of hydrogen-bond acceptors (Lipinski definition) is 2. The average molecular weight is 455 g/mol. The number of fused-ring (bicyclic) bond motifs is 6. The Bertz CT molecular complexity index is 866. The van der Waals surface area contributed by atoms with Gasteiger partial charge in [0.15, 0.2) is 0 Å². The fourth-order valence-electron chi connectivity index (χ4n) is 10.8. The molecular formula is C31H50O2. The van der Waals surface area contributed by atoms with Crippen LogP contribution in [0.3, 0.4) is 0 Å². The molecule has 4 fully saturated rings. The van der Waals surface area contributed by atoms with E-state index in [1.165, 1.54) is 64.2 Å². The minimum absolute atomic E-state index is 0.0629. The molecule has 0 N–H and O–H groups in total. The fourth-order valence-corrected chi connectivity index (χ4v) is 10.8. The highest BCUT2D eigenvalue weighted by atomic mass is 16.5. The molecule has 0 spiro atoms. The SMILES string of the molecule is CC1(C)CC[C@]2(C)CC[C@]3(C)C(=C2C1)CC[C@@H]1[C@@]2(C)CC[C@H](OC=O)C(C)(C)[C@@H]2CC[C@]13C. The molecule has 186 valence electrons. The first-order valence-electron chi connectivity index (χ1n) is 14.1. The highest BCUT2D eigenvalue weighted by Gasteiger charge is 2.67. The minimum atomic E-state index is 0.0629. The van der Waals surface area contributed by atoms with Gasteiger partial charge in [-0.2, -0.15) is 0 Å². The zero-order valence-electron chi connectivity index (χ0n) is 22.9. The van der Waals surface area contributed by atoms with Crippen molar-refractivity contribution >= 4 is 6.47 Å². The normalized spacial score (nSPS) is 50.4. The molecule has 7 atom stereocenters. The van der Waals surface area contributed by atoms with E-state index in [4.69, 9.17) is 4.74 Å². The Kier molecular flexibility index (Phi) is 5.17. The molecule has 4 saturated carbocycles. The molecular weight excluding hydrogens is 404 g/mol. The molecule has 2 heteroatoms. The van der Waals surface area contributed by atoms with Crippen molar-refractivity contribution in [1.82, 2.24) is 0 Å². The highest BCUT2D eigenvalue weighted by Crippen LogP contribution is 2.75. The van der Waals surface area contributed by atoms with Crippen molar-refractivity contribution in [3.05, 3.63) is 11.1 Å². The summed E-state index contributed by atoms with van der Waals surface area (Å²) in [7, 11) is 0. The molecule has 0 aromatic carbocycles. The van der Waals surface area contributed by atoms with Gasteiger partial charge < -0.3 is 4.74 Å². The van der Waals surface area contributed by atoms with Gasteiger partial charge in [-0.25, -0.2) is 0 Å². The average Bonchev–Trinajstić information content (AvgIpc) is 2.72. The first-order valence-corrected chi connectivity index (χ1v) is 14.1. The van der Waals surface area contributed by atoms with E-state index < -0.39 is 0 Å². The lowest BCUT2D eigenvalue weighted by atomic mass is 9.34. The van der Waals surface area contributed by atoms with Crippen LogP contribution in [0.25, 0.3) is 0 Å². The maximum absolute atomic E-state index is 11.2. The van der Waals surface area contributed by atoms with Gasteiger partial charge in [0.25, 0.3) is 6.47 Å². The van der Waals surface area contributed by atoms with Gasteiger partial charge in [-0.3, -0.25) is 4.79 Å². The Morgan fingerprint density at radius 1 is 0.758 bits per heavy atom. The van der Waals surface area contributed by atoms with Crippen molar-refractivity contribution < 1.29 is 9.53 Å². The fraction of sp³-hybridized carbons (Fsp3) is 0.903. The molecule has 0 aliphatic heterocycles. The standard InChI is InChI=1S/C31H50O2/c1-26(2)15-16-28(5)17-18-30(7)21(22(28)19-26)9-10-24-29(6)13-12-25(33-20-32)27(3,4)23(29)11-14-31(24,30)8/h20,23-25H,9-19H2,1-8H3/t23-,24+,25-,28+,29-,30+,31+/m0/s1. The van der Waals surface area contributed by atoms with Crippen LogP contribution in [0, 0.1) is 44.3 Å². The van der Waals surface area contributed by atoms with Crippen LogP contribution in [0.1, 0.15) is 126 Å². The van der Waals surface area contributed by atoms with Crippen LogP contribution in [0.5, 0.6) is 0 Å². The lowest BCUT2D eigenvalue weighted by Crippen LogP contribution is -2.64. The molecule has 0 heterocycles. The van der Waals surface area contributed by atoms with E-state index in [9.17, 15) is 4.79 Å². The number of hydrogen-bond donors (Lipinski definition) is 0. The van der Waals surface area contributed by atoms with Crippen molar-refractivity contribution in [2.75, 3.05) is 0 Å². The molecule has 0 amide bonds. The molecule has 0 aromatic heterocycles. The molecule has 2 nitrogen and oxygen atoms in total. The Hall–Kier alpha value is -0.790. The summed E-state index contributed by atoms with van der Waals surface area (Å²) in [5.41, 5.74) is 5.87. The molecule has 0 saturated heterocycles. The Balaban J connectivity index is 1.56. The van der Waals surface area contributed by atoms with Crippen molar-refractivity contribution in [3.8, 4) is 0 Å². The van der Waals surface area contributed by atoms with Crippen LogP contribution in [-0.4, -0.2) is 12.6 Å². The summed E-state index contributed by atoms with van der Waals surface area (Å²) in [6.07, 6.45) is 14.5. The number of carbonyl (C=O) groups is 1. The Labute approximate surface area is 203 Å². The largest absolute Gasteiger partial charge is 0.464 e. The van der Waals surface area contributed by atoms with Gasteiger partial charge in [-0.15, -0.1) is 0 Å². The van der Waals surface area contributed by atoms with E-state index in [1.54, 1.807) is 0 Å². The third-order valence-electron chi connectivity index (χ3n) is 13.1. The molecule has 5 aliphatic carbocycles. The van der Waals surface area contributed by atoms with Gasteiger partial charge >= 0.3 is 0 Å². The summed E-state index contributed by atoms with van der Waals surface area (Å²) in [5.74, 6) is 1.41. The maximum Gasteiger partial charge on any atom is 0.293 e. The molecule has 33 heavy (non-hydrogen) atoms. The monoisotopic (exact) mass is 454 g/mol. The lowest BCUT2D eigenvalue weighted by molar-refractivity contribution is -0.209. The molecule has 0 aromatic rings. The van der Waals surface area contributed by atoms with E-state index in [2.05, 4.69) is 55.4 Å². The van der Waals surface area contributed by atoms with Gasteiger partial charge in [0.1, 0.15) is 6.10 Å². The zero-order chi connectivity index (χ0) is 24.1. The van der Waals surface area contributed by atoms with Gasteiger partial charge in [-0.05, 0) is 110 Å². The summed E-state index contributed by atoms with van der Waals surface area (Å²) in [5, 5.41) is 0. The number of ether oxygens (including phenoxy) is 1. The van der Waals surface area contributed by atoms with E-state index in [0.717, 1.165) is 12.3 Å². The van der Waals surface area contributed by atoms with Crippen LogP contribution in [0.15, 0.2) is 11.1 Å². The summed E-state index contributed by atoms with van der Waals surface area (Å²) >= 11 is 0. The molecule has 0 unspecified atom stereocenters. The van der Waals surface area contributed by atoms with Crippen LogP contribution in [0.4, 0.5) is 0 Å². The first kappa shape index (κ1) is 23.9. The smallest absolute Gasteiger partial charge is 0.293 e. The van der Waals surface area contributed by atoms with E-state index in [1.807, 2.05) is 11.1 Å². The lowest BCUT2D eigenvalue weighted by Gasteiger charge is -2.71. The topological polar surface area (TPSA) is 26.3 Å². The Morgan fingerprint density at radius 3 is 2.15 bits per heavy atom. The van der Waals surface area contributed by atoms with Crippen LogP contribution >= 0.6 is 0 Å². The predicted octanol–water partition coefficient (Wildman–Crippen LogP) is 8.49. The van der Waals surface area contributed by atoms with E-state index >= 15 is 0 Å². The van der Waals surface area contributed by atoms with Gasteiger partial charge in [0.2, 0.25) is 0 Å². The second-order valence-corrected chi connectivity index (χ2v) is 15.4. The first-order chi connectivity index (χ1) is 15.2. The maximum atomic E-state index is 11.2. The van der Waals surface area contributed by atoms with Crippen molar-refractivity contribution in [1.29, 1.82) is 0 Å². The minimum Gasteiger partial charge on any atom is -0.464 e. The zero-order valence-corrected chi connectivity index (χ0v) is 22.9. The van der Waals surface area contributed by atoms with Crippen molar-refractivity contribution in [3.63, 3.8) is 0 Å². The molecule has 0 radical (unpaired) electrons. The number of carbonyl (C=O) groups excluding carboxylic acids is 1. The van der Waals surface area contributed by atoms with Crippen molar-refractivity contribution in [2.24, 2.45) is 44.3 Å². The predicted molar refractivity (Wildman–Crippen MR) is 136 cm³/mol. The summed E-state index contributed by atoms with van der Waals surface area (Å²) in [4.78, 5) is 11.2. The van der Waals surface area contributed by atoms with E-state index in [-0.39, 0.29) is 11.5 Å². The Morgan fingerprint density at radius 2 is 1.45 bits per heavy atom. The van der Waals surface area contributed by atoms with Gasteiger partial charge in [0, 0.05) is 5.41 Å². The quantitative estimate of drug-likeness (QED) is 0.309. The second-order valence-electron chi connectivity index (χ2n) is 15.4. The summed E-state index contributed by atoms with van der Waals surface area (Å²) in [6.45, 7) is 21.1. The molecule has 5 aliphatic rings. The van der Waals surface area contributed by atoms with Crippen molar-refractivity contribution in [2.45, 2.75) is 132 Å². The van der Waals surface area contributed by atoms with Gasteiger partial charge in [0.05, 0.1) is 0 Å². The van der Waals surface area contributed by atoms with Crippen LogP contribution < -0.4 is 0 Å². The molecule has 5 rings (SSSR count). The highest BCUT2D eigenvalue weighted by molar-refractivity contribution is 5.39. The summed E-state index contributed by atoms with van der Waals surface area (Å²) in [6, 6.07) is 0. The molecule has 0 bridgehead atoms. The third-order valence-corrected chi connectivity index (χ3v) is 13.1. The second kappa shape index (κ2) is 7.13. The summed E-state index contributed by atoms with van der Waals surface area (Å²) < 4.78 is 5.66. The van der Waals surface area contributed by atoms with Crippen LogP contribution in [0.2, 0.25) is 0 Å². The van der Waals surface area contributed by atoms with Crippen LogP contribution in [-0.2, 0) is 9.53 Å². The third kappa shape index (κ3) is 3.07.